The van der Waals surface area contributed by atoms with Crippen LogP contribution in [0, 0.1) is 5.92 Å². The lowest BCUT2D eigenvalue weighted by molar-refractivity contribution is 0.0972. The molecule has 0 bridgehead atoms. The number of thiophene rings is 1. The summed E-state index contributed by atoms with van der Waals surface area (Å²) in [5, 5.41) is 10.5. The first-order chi connectivity index (χ1) is 9.11. The number of aliphatic hydroxyl groups is 1. The van der Waals surface area contributed by atoms with Crippen LogP contribution in [0.4, 0.5) is 10.7 Å². The topological polar surface area (TPSA) is 75.8 Å². The Morgan fingerprint density at radius 1 is 1.47 bits per heavy atom. The summed E-state index contributed by atoms with van der Waals surface area (Å²) in [5.41, 5.74) is 6.52. The number of nitrogens with zero attached hydrogens (tertiary/aromatic N) is 1. The molecule has 1 aromatic rings. The third-order valence-corrected chi connectivity index (χ3v) is 4.97. The maximum absolute atomic E-state index is 12.2. The third kappa shape index (κ3) is 2.19. The number of rotatable bonds is 4. The van der Waals surface area contributed by atoms with E-state index < -0.39 is 0 Å². The molecule has 1 unspecified atom stereocenters. The predicted molar refractivity (Wildman–Crippen MR) is 75.2 cm³/mol. The maximum Gasteiger partial charge on any atom is 0.178 e. The first-order valence-electron chi connectivity index (χ1n) is 6.55. The van der Waals surface area contributed by atoms with Crippen molar-refractivity contribution in [2.75, 3.05) is 30.8 Å². The summed E-state index contributed by atoms with van der Waals surface area (Å²) in [5.74, 6) is 0.887. The molecular weight excluding hydrogens is 264 g/mol. The van der Waals surface area contributed by atoms with Crippen LogP contribution in [0.1, 0.15) is 28.9 Å². The molecule has 0 amide bonds. The van der Waals surface area contributed by atoms with Gasteiger partial charge >= 0.3 is 0 Å². The molecule has 3 N–H and O–H groups in total. The molecule has 6 heteroatoms. The molecule has 2 aliphatic rings. The summed E-state index contributed by atoms with van der Waals surface area (Å²) in [7, 11) is 1.57. The van der Waals surface area contributed by atoms with Gasteiger partial charge in [0.1, 0.15) is 5.00 Å². The van der Waals surface area contributed by atoms with Gasteiger partial charge in [-0.05, 0) is 19.3 Å². The molecule has 2 heterocycles. The number of methoxy groups -OCH3 is 1. The summed E-state index contributed by atoms with van der Waals surface area (Å²) < 4.78 is 5.36. The van der Waals surface area contributed by atoms with Gasteiger partial charge in [0.05, 0.1) is 23.8 Å². The highest BCUT2D eigenvalue weighted by Gasteiger charge is 2.36. The van der Waals surface area contributed by atoms with Gasteiger partial charge in [0.15, 0.2) is 11.5 Å². The second-order valence-electron chi connectivity index (χ2n) is 5.21. The molecule has 19 heavy (non-hydrogen) atoms. The zero-order chi connectivity index (χ0) is 13.6. The third-order valence-electron chi connectivity index (χ3n) is 3.71. The van der Waals surface area contributed by atoms with Crippen LogP contribution < -0.4 is 15.4 Å². The van der Waals surface area contributed by atoms with Gasteiger partial charge in [0, 0.05) is 19.0 Å². The SMILES string of the molecule is COc1c(N2CCC(O)C2)sc(C(=O)C2CC2)c1N. The van der Waals surface area contributed by atoms with Crippen LogP contribution in [0.25, 0.3) is 0 Å². The van der Waals surface area contributed by atoms with Gasteiger partial charge in [0.2, 0.25) is 0 Å². The molecule has 0 spiro atoms. The summed E-state index contributed by atoms with van der Waals surface area (Å²) in [6, 6.07) is 0. The molecule has 1 aromatic heterocycles. The molecule has 0 radical (unpaired) electrons. The molecule has 2 fully saturated rings. The summed E-state index contributed by atoms with van der Waals surface area (Å²) >= 11 is 1.40. The standard InChI is InChI=1S/C13H18N2O3S/c1-18-11-9(14)12(10(17)7-2-3-7)19-13(11)15-5-4-8(16)6-15/h7-8,16H,2-6,14H2,1H3. The van der Waals surface area contributed by atoms with Crippen molar-refractivity contribution in [3.8, 4) is 5.75 Å². The predicted octanol–water partition coefficient (Wildman–Crippen LogP) is 1.50. The lowest BCUT2D eigenvalue weighted by Crippen LogP contribution is -2.20. The molecular formula is C13H18N2O3S. The minimum atomic E-state index is -0.310. The number of carbonyl (C=O) groups is 1. The number of aliphatic hydroxyl groups excluding tert-OH is 1. The van der Waals surface area contributed by atoms with E-state index in [0.29, 0.717) is 22.9 Å². The van der Waals surface area contributed by atoms with Crippen LogP contribution >= 0.6 is 11.3 Å². The Bertz CT molecular complexity index is 510. The Morgan fingerprint density at radius 3 is 2.74 bits per heavy atom. The van der Waals surface area contributed by atoms with E-state index in [0.717, 1.165) is 30.8 Å². The number of β-amino-alcohol motifs (C(OH)–C–C–N with tert-alkyl or cyclic N) is 1. The van der Waals surface area contributed by atoms with Gasteiger partial charge in [0.25, 0.3) is 0 Å². The highest BCUT2D eigenvalue weighted by Crippen LogP contribution is 2.48. The van der Waals surface area contributed by atoms with Gasteiger partial charge in [-0.2, -0.15) is 0 Å². The molecule has 0 aromatic carbocycles. The zero-order valence-corrected chi connectivity index (χ0v) is 11.7. The Hall–Kier alpha value is -1.27. The fourth-order valence-corrected chi connectivity index (χ4v) is 3.71. The minimum Gasteiger partial charge on any atom is -0.492 e. The Labute approximate surface area is 116 Å². The monoisotopic (exact) mass is 282 g/mol. The lowest BCUT2D eigenvalue weighted by Gasteiger charge is -2.16. The average molecular weight is 282 g/mol. The van der Waals surface area contributed by atoms with Crippen molar-refractivity contribution in [2.45, 2.75) is 25.4 Å². The highest BCUT2D eigenvalue weighted by atomic mass is 32.1. The van der Waals surface area contributed by atoms with Crippen molar-refractivity contribution in [1.29, 1.82) is 0 Å². The van der Waals surface area contributed by atoms with E-state index in [4.69, 9.17) is 10.5 Å². The van der Waals surface area contributed by atoms with Crippen LogP contribution in [0.5, 0.6) is 5.75 Å². The smallest absolute Gasteiger partial charge is 0.178 e. The van der Waals surface area contributed by atoms with E-state index in [1.165, 1.54) is 11.3 Å². The van der Waals surface area contributed by atoms with Crippen LogP contribution in [0.3, 0.4) is 0 Å². The Kier molecular flexibility index (Phi) is 3.14. The van der Waals surface area contributed by atoms with E-state index >= 15 is 0 Å². The van der Waals surface area contributed by atoms with Crippen LogP contribution in [0.15, 0.2) is 0 Å². The second kappa shape index (κ2) is 4.68. The van der Waals surface area contributed by atoms with E-state index in [2.05, 4.69) is 0 Å². The maximum atomic E-state index is 12.2. The van der Waals surface area contributed by atoms with Gasteiger partial charge in [-0.25, -0.2) is 0 Å². The van der Waals surface area contributed by atoms with Crippen molar-refractivity contribution in [2.24, 2.45) is 5.92 Å². The Balaban J connectivity index is 1.94. The first kappa shape index (κ1) is 12.7. The number of hydrogen-bond acceptors (Lipinski definition) is 6. The molecule has 1 saturated heterocycles. The van der Waals surface area contributed by atoms with E-state index in [9.17, 15) is 9.90 Å². The second-order valence-corrected chi connectivity index (χ2v) is 6.21. The van der Waals surface area contributed by atoms with Crippen LogP contribution in [0.2, 0.25) is 0 Å². The molecule has 3 rings (SSSR count). The highest BCUT2D eigenvalue weighted by molar-refractivity contribution is 7.19. The zero-order valence-electron chi connectivity index (χ0n) is 10.9. The van der Waals surface area contributed by atoms with Crippen molar-refractivity contribution in [3.63, 3.8) is 0 Å². The normalized spacial score (nSPS) is 22.8. The summed E-state index contributed by atoms with van der Waals surface area (Å²) in [4.78, 5) is 14.9. The summed E-state index contributed by atoms with van der Waals surface area (Å²) in [6.45, 7) is 1.35. The van der Waals surface area contributed by atoms with E-state index in [-0.39, 0.29) is 17.8 Å². The number of ketones is 1. The summed E-state index contributed by atoms with van der Waals surface area (Å²) in [6.07, 6.45) is 2.37. The van der Waals surface area contributed by atoms with Crippen LogP contribution in [-0.2, 0) is 0 Å². The molecule has 1 saturated carbocycles. The number of anilines is 2. The lowest BCUT2D eigenvalue weighted by atomic mass is 10.2. The van der Waals surface area contributed by atoms with Crippen molar-refractivity contribution < 1.29 is 14.6 Å². The molecule has 1 atom stereocenters. The average Bonchev–Trinajstić information content (AvgIpc) is 3.07. The molecule has 1 aliphatic heterocycles. The molecule has 1 aliphatic carbocycles. The van der Waals surface area contributed by atoms with Gasteiger partial charge in [-0.3, -0.25) is 4.79 Å². The largest absolute Gasteiger partial charge is 0.492 e. The number of Topliss-reactive ketones (excluding diaryl/α,β-unsaturated/α-hetero) is 1. The fraction of sp³-hybridized carbons (Fsp3) is 0.615. The van der Waals surface area contributed by atoms with E-state index in [1.54, 1.807) is 7.11 Å². The van der Waals surface area contributed by atoms with Crippen molar-refractivity contribution in [1.82, 2.24) is 0 Å². The first-order valence-corrected chi connectivity index (χ1v) is 7.37. The van der Waals surface area contributed by atoms with Crippen LogP contribution in [-0.4, -0.2) is 37.2 Å². The fourth-order valence-electron chi connectivity index (χ4n) is 2.46. The van der Waals surface area contributed by atoms with Crippen molar-refractivity contribution in [3.05, 3.63) is 4.88 Å². The number of nitrogens with two attached hydrogens (primary N) is 1. The number of hydrogen-bond donors (Lipinski definition) is 2. The number of ether oxygens (including phenoxy) is 1. The number of nitrogen functional groups attached to an aromatic ring is 1. The quantitative estimate of drug-likeness (QED) is 0.819. The Morgan fingerprint density at radius 2 is 2.21 bits per heavy atom. The molecule has 104 valence electrons. The van der Waals surface area contributed by atoms with Gasteiger partial charge in [-0.15, -0.1) is 11.3 Å². The van der Waals surface area contributed by atoms with E-state index in [1.807, 2.05) is 4.90 Å². The van der Waals surface area contributed by atoms with Gasteiger partial charge < -0.3 is 20.5 Å². The molecule has 5 nitrogen and oxygen atoms in total. The van der Waals surface area contributed by atoms with Crippen molar-refractivity contribution >= 4 is 27.8 Å². The number of carbonyl (C=O) groups excluding carboxylic acids is 1. The minimum absolute atomic E-state index is 0.145. The van der Waals surface area contributed by atoms with Gasteiger partial charge in [-0.1, -0.05) is 0 Å².